The van der Waals surface area contributed by atoms with Crippen LogP contribution >= 0.6 is 22.9 Å². The summed E-state index contributed by atoms with van der Waals surface area (Å²) in [6.07, 6.45) is 3.90. The predicted molar refractivity (Wildman–Crippen MR) is 58.4 cm³/mol. The van der Waals surface area contributed by atoms with E-state index in [1.807, 2.05) is 11.6 Å². The highest BCUT2D eigenvalue weighted by Crippen LogP contribution is 2.06. The van der Waals surface area contributed by atoms with Crippen LogP contribution in [0.5, 0.6) is 0 Å². The second-order valence-corrected chi connectivity index (χ2v) is 4.49. The molecule has 1 aromatic heterocycles. The molecule has 4 heteroatoms. The van der Waals surface area contributed by atoms with Crippen LogP contribution in [0, 0.1) is 0 Å². The Bertz CT molecular complexity index is 213. The summed E-state index contributed by atoms with van der Waals surface area (Å²) in [7, 11) is 0. The van der Waals surface area contributed by atoms with Crippen molar-refractivity contribution in [2.24, 2.45) is 0 Å². The lowest BCUT2D eigenvalue weighted by molar-refractivity contribution is 0.620. The Morgan fingerprint density at radius 2 is 2.54 bits per heavy atom. The molecular formula is C9H15ClN2S. The lowest BCUT2D eigenvalue weighted by Gasteiger charge is -2.06. The number of halogens is 1. The van der Waals surface area contributed by atoms with Gasteiger partial charge < -0.3 is 5.32 Å². The van der Waals surface area contributed by atoms with E-state index in [4.69, 9.17) is 11.6 Å². The average Bonchev–Trinajstić information content (AvgIpc) is 2.64. The molecule has 0 saturated carbocycles. The van der Waals surface area contributed by atoms with Gasteiger partial charge in [0.2, 0.25) is 0 Å². The van der Waals surface area contributed by atoms with Crippen molar-refractivity contribution in [2.75, 3.05) is 6.54 Å². The quantitative estimate of drug-likeness (QED) is 0.587. The first-order valence-electron chi connectivity index (χ1n) is 4.56. The maximum absolute atomic E-state index is 5.97. The minimum Gasteiger partial charge on any atom is -0.310 e. The minimum absolute atomic E-state index is 0.309. The molecule has 0 fully saturated rings. The summed E-state index contributed by atoms with van der Waals surface area (Å²) in [4.78, 5) is 4.18. The van der Waals surface area contributed by atoms with Crippen LogP contribution in [0.1, 0.15) is 24.8 Å². The van der Waals surface area contributed by atoms with Gasteiger partial charge in [-0.2, -0.15) is 0 Å². The van der Waals surface area contributed by atoms with Gasteiger partial charge in [-0.1, -0.05) is 6.92 Å². The van der Waals surface area contributed by atoms with Crippen LogP contribution in [-0.4, -0.2) is 16.9 Å². The van der Waals surface area contributed by atoms with Gasteiger partial charge in [-0.05, 0) is 19.4 Å². The van der Waals surface area contributed by atoms with E-state index < -0.39 is 0 Å². The molecule has 0 aliphatic rings. The van der Waals surface area contributed by atoms with Crippen molar-refractivity contribution in [3.8, 4) is 0 Å². The number of rotatable bonds is 6. The fraction of sp³-hybridized carbons (Fsp3) is 0.667. The first-order valence-corrected chi connectivity index (χ1v) is 5.87. The Morgan fingerprint density at radius 1 is 1.69 bits per heavy atom. The van der Waals surface area contributed by atoms with Crippen LogP contribution in [-0.2, 0) is 6.54 Å². The molecule has 1 unspecified atom stereocenters. The third-order valence-corrected chi connectivity index (χ3v) is 3.14. The van der Waals surface area contributed by atoms with Crippen molar-refractivity contribution >= 4 is 22.9 Å². The van der Waals surface area contributed by atoms with Crippen LogP contribution < -0.4 is 5.32 Å². The van der Waals surface area contributed by atoms with Crippen molar-refractivity contribution in [1.82, 2.24) is 10.3 Å². The fourth-order valence-electron chi connectivity index (χ4n) is 0.998. The van der Waals surface area contributed by atoms with Crippen molar-refractivity contribution in [3.05, 3.63) is 16.6 Å². The number of aromatic nitrogens is 1. The molecular weight excluding hydrogens is 204 g/mol. The van der Waals surface area contributed by atoms with Gasteiger partial charge in [-0.25, -0.2) is 4.98 Å². The molecule has 2 nitrogen and oxygen atoms in total. The highest BCUT2D eigenvalue weighted by molar-refractivity contribution is 7.09. The van der Waals surface area contributed by atoms with Gasteiger partial charge in [0.1, 0.15) is 5.01 Å². The third kappa shape index (κ3) is 4.60. The number of hydrogen-bond acceptors (Lipinski definition) is 3. The predicted octanol–water partition coefficient (Wildman–Crippen LogP) is 2.64. The molecule has 1 aromatic rings. The summed E-state index contributed by atoms with van der Waals surface area (Å²) in [6, 6.07) is 0. The Kier molecular flexibility index (Phi) is 5.35. The van der Waals surface area contributed by atoms with Crippen molar-refractivity contribution in [3.63, 3.8) is 0 Å². The second-order valence-electron chi connectivity index (χ2n) is 2.90. The summed E-state index contributed by atoms with van der Waals surface area (Å²) < 4.78 is 0. The molecule has 0 aromatic carbocycles. The number of thiazole rings is 1. The minimum atomic E-state index is 0.309. The molecule has 0 radical (unpaired) electrons. The van der Waals surface area contributed by atoms with E-state index in [0.717, 1.165) is 30.9 Å². The largest absolute Gasteiger partial charge is 0.310 e. The van der Waals surface area contributed by atoms with E-state index in [-0.39, 0.29) is 0 Å². The monoisotopic (exact) mass is 218 g/mol. The van der Waals surface area contributed by atoms with Crippen LogP contribution in [0.25, 0.3) is 0 Å². The lowest BCUT2D eigenvalue weighted by atomic mass is 10.2. The lowest BCUT2D eigenvalue weighted by Crippen LogP contribution is -2.17. The standard InChI is InChI=1S/C9H15ClN2S/c1-2-8(10)3-4-11-7-9-12-5-6-13-9/h5-6,8,11H,2-4,7H2,1H3. The highest BCUT2D eigenvalue weighted by atomic mass is 35.5. The molecule has 0 aliphatic heterocycles. The topological polar surface area (TPSA) is 24.9 Å². The summed E-state index contributed by atoms with van der Waals surface area (Å²) in [6.45, 7) is 3.95. The Balaban J connectivity index is 2.02. The van der Waals surface area contributed by atoms with Gasteiger partial charge in [0.25, 0.3) is 0 Å². The first-order chi connectivity index (χ1) is 6.33. The van der Waals surface area contributed by atoms with E-state index >= 15 is 0 Å². The molecule has 0 saturated heterocycles. The van der Waals surface area contributed by atoms with E-state index in [0.29, 0.717) is 5.38 Å². The van der Waals surface area contributed by atoms with Gasteiger partial charge in [0, 0.05) is 23.5 Å². The smallest absolute Gasteiger partial charge is 0.106 e. The van der Waals surface area contributed by atoms with Gasteiger partial charge in [0.15, 0.2) is 0 Å². The van der Waals surface area contributed by atoms with Gasteiger partial charge in [0.05, 0.1) is 0 Å². The van der Waals surface area contributed by atoms with Crippen molar-refractivity contribution in [2.45, 2.75) is 31.7 Å². The first kappa shape index (κ1) is 11.0. The van der Waals surface area contributed by atoms with Crippen LogP contribution in [0.3, 0.4) is 0 Å². The molecule has 74 valence electrons. The highest BCUT2D eigenvalue weighted by Gasteiger charge is 2.00. The molecule has 0 spiro atoms. The van der Waals surface area contributed by atoms with Crippen molar-refractivity contribution in [1.29, 1.82) is 0 Å². The van der Waals surface area contributed by atoms with E-state index in [1.54, 1.807) is 11.3 Å². The summed E-state index contributed by atoms with van der Waals surface area (Å²) in [5.41, 5.74) is 0. The molecule has 1 N–H and O–H groups in total. The van der Waals surface area contributed by atoms with Crippen LogP contribution in [0.4, 0.5) is 0 Å². The summed E-state index contributed by atoms with van der Waals surface area (Å²) >= 11 is 7.65. The molecule has 0 aliphatic carbocycles. The number of nitrogens with one attached hydrogen (secondary N) is 1. The molecule has 0 bridgehead atoms. The zero-order valence-corrected chi connectivity index (χ0v) is 9.37. The molecule has 0 amide bonds. The number of hydrogen-bond donors (Lipinski definition) is 1. The molecule has 13 heavy (non-hydrogen) atoms. The summed E-state index contributed by atoms with van der Waals surface area (Å²) in [5.74, 6) is 0. The maximum atomic E-state index is 5.97. The van der Waals surface area contributed by atoms with Crippen molar-refractivity contribution < 1.29 is 0 Å². The van der Waals surface area contributed by atoms with Gasteiger partial charge >= 0.3 is 0 Å². The average molecular weight is 219 g/mol. The maximum Gasteiger partial charge on any atom is 0.106 e. The second kappa shape index (κ2) is 6.35. The molecule has 1 rings (SSSR count). The fourth-order valence-corrected chi connectivity index (χ4v) is 1.69. The third-order valence-electron chi connectivity index (χ3n) is 1.84. The zero-order chi connectivity index (χ0) is 9.52. The van der Waals surface area contributed by atoms with E-state index in [2.05, 4.69) is 17.2 Å². The Morgan fingerprint density at radius 3 is 3.15 bits per heavy atom. The number of nitrogens with zero attached hydrogens (tertiary/aromatic N) is 1. The summed E-state index contributed by atoms with van der Waals surface area (Å²) in [5, 5.41) is 6.76. The van der Waals surface area contributed by atoms with E-state index in [1.165, 1.54) is 0 Å². The van der Waals surface area contributed by atoms with Crippen LogP contribution in [0.15, 0.2) is 11.6 Å². The Labute approximate surface area is 88.3 Å². The normalized spacial score (nSPS) is 13.1. The SMILES string of the molecule is CCC(Cl)CCNCc1nccs1. The van der Waals surface area contributed by atoms with Gasteiger partial charge in [-0.15, -0.1) is 22.9 Å². The Hall–Kier alpha value is -0.120. The zero-order valence-electron chi connectivity index (χ0n) is 7.79. The van der Waals surface area contributed by atoms with Gasteiger partial charge in [-0.3, -0.25) is 0 Å². The van der Waals surface area contributed by atoms with E-state index in [9.17, 15) is 0 Å². The molecule has 1 atom stereocenters. The van der Waals surface area contributed by atoms with Crippen LogP contribution in [0.2, 0.25) is 0 Å². The molecule has 1 heterocycles. The number of alkyl halides is 1.